The van der Waals surface area contributed by atoms with Crippen molar-refractivity contribution in [3.63, 3.8) is 0 Å². The fourth-order valence-corrected chi connectivity index (χ4v) is 1.28. The standard InChI is InChI=1S/C7H9NO/c1-2-8-7-5-3-9-4-6(5)7/h2-3,6-8H,1,4H2/t6?,7-/m1/s1. The van der Waals surface area contributed by atoms with Gasteiger partial charge in [0.15, 0.2) is 0 Å². The molecule has 2 nitrogen and oxygen atoms in total. The number of ether oxygens (including phenoxy) is 1. The lowest BCUT2D eigenvalue weighted by Gasteiger charge is -1.98. The van der Waals surface area contributed by atoms with E-state index in [2.05, 4.69) is 11.9 Å². The Balaban J connectivity index is 2.00. The van der Waals surface area contributed by atoms with Crippen molar-refractivity contribution in [2.45, 2.75) is 6.04 Å². The molecule has 1 aliphatic heterocycles. The molecule has 0 aromatic carbocycles. The van der Waals surface area contributed by atoms with Gasteiger partial charge in [0.1, 0.15) is 0 Å². The van der Waals surface area contributed by atoms with Crippen LogP contribution in [-0.4, -0.2) is 12.6 Å². The summed E-state index contributed by atoms with van der Waals surface area (Å²) < 4.78 is 5.05. The van der Waals surface area contributed by atoms with Crippen LogP contribution in [0.15, 0.2) is 24.6 Å². The Morgan fingerprint density at radius 3 is 3.33 bits per heavy atom. The van der Waals surface area contributed by atoms with E-state index in [0.717, 1.165) is 6.61 Å². The van der Waals surface area contributed by atoms with E-state index in [9.17, 15) is 0 Å². The van der Waals surface area contributed by atoms with Crippen molar-refractivity contribution < 1.29 is 4.74 Å². The van der Waals surface area contributed by atoms with Crippen LogP contribution in [0.2, 0.25) is 0 Å². The van der Waals surface area contributed by atoms with Gasteiger partial charge in [0.05, 0.1) is 18.9 Å². The Hall–Kier alpha value is -0.920. The largest absolute Gasteiger partial charge is 0.500 e. The molecule has 0 bridgehead atoms. The zero-order valence-electron chi connectivity index (χ0n) is 5.13. The molecule has 2 heteroatoms. The summed E-state index contributed by atoms with van der Waals surface area (Å²) in [5.74, 6) is 0.656. The number of nitrogens with one attached hydrogen (secondary N) is 1. The monoisotopic (exact) mass is 123 g/mol. The molecule has 1 fully saturated rings. The summed E-state index contributed by atoms with van der Waals surface area (Å²) in [4.78, 5) is 0. The van der Waals surface area contributed by atoms with Gasteiger partial charge in [-0.15, -0.1) is 0 Å². The van der Waals surface area contributed by atoms with Gasteiger partial charge in [0, 0.05) is 5.92 Å². The molecule has 1 heterocycles. The molecule has 1 N–H and O–H groups in total. The van der Waals surface area contributed by atoms with E-state index in [1.165, 1.54) is 5.57 Å². The van der Waals surface area contributed by atoms with Crippen LogP contribution in [0.3, 0.4) is 0 Å². The second-order valence-corrected chi connectivity index (χ2v) is 2.41. The molecule has 0 spiro atoms. The van der Waals surface area contributed by atoms with Crippen molar-refractivity contribution in [2.24, 2.45) is 5.92 Å². The van der Waals surface area contributed by atoms with Gasteiger partial charge < -0.3 is 10.1 Å². The maximum atomic E-state index is 5.05. The van der Waals surface area contributed by atoms with Gasteiger partial charge in [0.2, 0.25) is 0 Å². The average molecular weight is 123 g/mol. The van der Waals surface area contributed by atoms with Crippen LogP contribution in [0.1, 0.15) is 0 Å². The molecule has 0 amide bonds. The van der Waals surface area contributed by atoms with Gasteiger partial charge >= 0.3 is 0 Å². The van der Waals surface area contributed by atoms with Crippen LogP contribution in [0.4, 0.5) is 0 Å². The third-order valence-corrected chi connectivity index (χ3v) is 1.87. The van der Waals surface area contributed by atoms with E-state index in [1.54, 1.807) is 6.20 Å². The molecule has 1 saturated carbocycles. The zero-order valence-corrected chi connectivity index (χ0v) is 5.13. The molecule has 9 heavy (non-hydrogen) atoms. The van der Waals surface area contributed by atoms with Crippen LogP contribution in [-0.2, 0) is 4.74 Å². The van der Waals surface area contributed by atoms with E-state index < -0.39 is 0 Å². The van der Waals surface area contributed by atoms with Crippen molar-refractivity contribution in [1.82, 2.24) is 5.32 Å². The van der Waals surface area contributed by atoms with Gasteiger partial charge in [0.25, 0.3) is 0 Å². The quantitative estimate of drug-likeness (QED) is 0.581. The number of hydrogen-bond donors (Lipinski definition) is 1. The van der Waals surface area contributed by atoms with Crippen LogP contribution in [0.25, 0.3) is 0 Å². The fourth-order valence-electron chi connectivity index (χ4n) is 1.28. The lowest BCUT2D eigenvalue weighted by Crippen LogP contribution is -2.12. The summed E-state index contributed by atoms with van der Waals surface area (Å²) in [5.41, 5.74) is 1.40. The van der Waals surface area contributed by atoms with E-state index in [-0.39, 0.29) is 0 Å². The molecule has 2 atom stereocenters. The smallest absolute Gasteiger partial charge is 0.0963 e. The molecule has 1 aliphatic carbocycles. The highest BCUT2D eigenvalue weighted by Gasteiger charge is 2.47. The summed E-state index contributed by atoms with van der Waals surface area (Å²) in [6, 6.07) is 0.552. The van der Waals surface area contributed by atoms with Gasteiger partial charge in [-0.3, -0.25) is 0 Å². The molecular formula is C7H9NO. The summed E-state index contributed by atoms with van der Waals surface area (Å²) >= 11 is 0. The van der Waals surface area contributed by atoms with Crippen molar-refractivity contribution in [3.05, 3.63) is 24.6 Å². The Bertz CT molecular complexity index is 174. The van der Waals surface area contributed by atoms with Crippen LogP contribution >= 0.6 is 0 Å². The first-order valence-corrected chi connectivity index (χ1v) is 3.12. The predicted octanol–water partition coefficient (Wildman–Crippen LogP) is 0.632. The maximum Gasteiger partial charge on any atom is 0.0963 e. The second-order valence-electron chi connectivity index (χ2n) is 2.41. The minimum atomic E-state index is 0.552. The molecule has 2 rings (SSSR count). The molecule has 0 aromatic heterocycles. The van der Waals surface area contributed by atoms with Crippen molar-refractivity contribution >= 4 is 0 Å². The highest BCUT2D eigenvalue weighted by Crippen LogP contribution is 2.42. The SMILES string of the molecule is C=CN[C@@H]1C2=COCC21. The van der Waals surface area contributed by atoms with Crippen LogP contribution in [0.5, 0.6) is 0 Å². The first-order chi connectivity index (χ1) is 4.43. The van der Waals surface area contributed by atoms with Crippen molar-refractivity contribution in [1.29, 1.82) is 0 Å². The fraction of sp³-hybridized carbons (Fsp3) is 0.429. The van der Waals surface area contributed by atoms with Gasteiger partial charge in [-0.25, -0.2) is 0 Å². The summed E-state index contributed by atoms with van der Waals surface area (Å²) in [6.45, 7) is 4.45. The highest BCUT2D eigenvalue weighted by molar-refractivity contribution is 5.36. The average Bonchev–Trinajstić information content (AvgIpc) is 2.39. The summed E-state index contributed by atoms with van der Waals surface area (Å²) in [5, 5.41) is 3.14. The lowest BCUT2D eigenvalue weighted by atomic mass is 10.4. The zero-order chi connectivity index (χ0) is 6.27. The van der Waals surface area contributed by atoms with Gasteiger partial charge in [-0.2, -0.15) is 0 Å². The first-order valence-electron chi connectivity index (χ1n) is 3.12. The maximum absolute atomic E-state index is 5.05. The normalized spacial score (nSPS) is 36.2. The topological polar surface area (TPSA) is 21.3 Å². The van der Waals surface area contributed by atoms with E-state index >= 15 is 0 Å². The Morgan fingerprint density at radius 1 is 1.89 bits per heavy atom. The van der Waals surface area contributed by atoms with Crippen LogP contribution in [0, 0.1) is 5.92 Å². The molecule has 48 valence electrons. The first kappa shape index (κ1) is 4.91. The van der Waals surface area contributed by atoms with Gasteiger partial charge in [-0.1, -0.05) is 6.58 Å². The summed E-state index contributed by atoms with van der Waals surface area (Å²) in [6.07, 6.45) is 3.59. The Kier molecular flexibility index (Phi) is 0.835. The molecular weight excluding hydrogens is 114 g/mol. The number of fused-ring (bicyclic) bond motifs is 1. The highest BCUT2D eigenvalue weighted by atomic mass is 16.5. The molecule has 0 aromatic rings. The molecule has 0 saturated heterocycles. The Morgan fingerprint density at radius 2 is 2.78 bits per heavy atom. The van der Waals surface area contributed by atoms with E-state index in [0.29, 0.717) is 12.0 Å². The number of rotatable bonds is 2. The third kappa shape index (κ3) is 0.559. The lowest BCUT2D eigenvalue weighted by molar-refractivity contribution is 0.250. The molecule has 1 unspecified atom stereocenters. The van der Waals surface area contributed by atoms with E-state index in [1.807, 2.05) is 6.26 Å². The molecule has 2 aliphatic rings. The van der Waals surface area contributed by atoms with Gasteiger partial charge in [-0.05, 0) is 11.8 Å². The number of hydrogen-bond acceptors (Lipinski definition) is 2. The van der Waals surface area contributed by atoms with Crippen LogP contribution < -0.4 is 5.32 Å². The van der Waals surface area contributed by atoms with Crippen molar-refractivity contribution in [2.75, 3.05) is 6.61 Å². The molecule has 0 radical (unpaired) electrons. The Labute approximate surface area is 54.2 Å². The third-order valence-electron chi connectivity index (χ3n) is 1.87. The van der Waals surface area contributed by atoms with Crippen molar-refractivity contribution in [3.8, 4) is 0 Å². The second kappa shape index (κ2) is 1.53. The predicted molar refractivity (Wildman–Crippen MR) is 34.6 cm³/mol. The minimum absolute atomic E-state index is 0.552. The van der Waals surface area contributed by atoms with E-state index in [4.69, 9.17) is 4.74 Å². The minimum Gasteiger partial charge on any atom is -0.500 e. The summed E-state index contributed by atoms with van der Waals surface area (Å²) in [7, 11) is 0.